The van der Waals surface area contributed by atoms with Gasteiger partial charge in [-0.2, -0.15) is 0 Å². The van der Waals surface area contributed by atoms with Crippen molar-refractivity contribution in [2.45, 2.75) is 24.9 Å². The number of likely N-dealkylation sites (tertiary alicyclic amines) is 1. The molecular formula is C32H26FNO4. The van der Waals surface area contributed by atoms with Crippen LogP contribution in [0.5, 0.6) is 0 Å². The van der Waals surface area contributed by atoms with E-state index in [4.69, 9.17) is 0 Å². The molecule has 1 fully saturated rings. The fraction of sp³-hybridized carbons (Fsp3) is 0.156. The van der Waals surface area contributed by atoms with Gasteiger partial charge >= 0.3 is 5.97 Å². The summed E-state index contributed by atoms with van der Waals surface area (Å²) in [5, 5.41) is 10.6. The van der Waals surface area contributed by atoms with Gasteiger partial charge in [-0.15, -0.1) is 0 Å². The van der Waals surface area contributed by atoms with Crippen molar-refractivity contribution in [1.29, 1.82) is 0 Å². The molecule has 5 rings (SSSR count). The first-order valence-electron chi connectivity index (χ1n) is 12.4. The average molecular weight is 508 g/mol. The van der Waals surface area contributed by atoms with E-state index in [9.17, 15) is 23.9 Å². The molecule has 0 bridgehead atoms. The number of Topliss-reactive ketones (excluding diaryl/α,β-unsaturated/α-hetero) is 1. The number of hydrogen-bond acceptors (Lipinski definition) is 3. The lowest BCUT2D eigenvalue weighted by atomic mass is 9.76. The van der Waals surface area contributed by atoms with Crippen molar-refractivity contribution >= 4 is 17.7 Å². The van der Waals surface area contributed by atoms with Gasteiger partial charge in [0, 0.05) is 17.0 Å². The Balaban J connectivity index is 1.77. The lowest BCUT2D eigenvalue weighted by Crippen LogP contribution is -2.43. The molecule has 5 nitrogen and oxygen atoms in total. The number of carbonyl (C=O) groups is 3. The van der Waals surface area contributed by atoms with Crippen LogP contribution < -0.4 is 0 Å². The molecule has 1 aliphatic heterocycles. The molecule has 0 aliphatic carbocycles. The van der Waals surface area contributed by atoms with Crippen LogP contribution >= 0.6 is 0 Å². The van der Waals surface area contributed by atoms with Crippen LogP contribution in [-0.2, 0) is 4.79 Å². The largest absolute Gasteiger partial charge is 0.480 e. The van der Waals surface area contributed by atoms with Gasteiger partial charge in [-0.1, -0.05) is 84.4 Å². The molecule has 1 amide bonds. The van der Waals surface area contributed by atoms with Crippen LogP contribution in [-0.4, -0.2) is 33.7 Å². The van der Waals surface area contributed by atoms with Crippen molar-refractivity contribution in [2.75, 3.05) is 0 Å². The molecule has 1 heterocycles. The Hall–Kier alpha value is -4.58. The van der Waals surface area contributed by atoms with Gasteiger partial charge in [0.05, 0.1) is 12.0 Å². The van der Waals surface area contributed by atoms with Gasteiger partial charge in [-0.25, -0.2) is 9.18 Å². The summed E-state index contributed by atoms with van der Waals surface area (Å²) in [6, 6.07) is 27.9. The van der Waals surface area contributed by atoms with E-state index in [1.165, 1.54) is 29.2 Å². The van der Waals surface area contributed by atoms with Crippen LogP contribution in [0.15, 0.2) is 109 Å². The van der Waals surface area contributed by atoms with E-state index >= 15 is 0 Å². The van der Waals surface area contributed by atoms with Crippen molar-refractivity contribution in [2.24, 2.45) is 5.92 Å². The highest BCUT2D eigenvalue weighted by Gasteiger charge is 2.57. The number of ketones is 1. The number of carbonyl (C=O) groups excluding carboxylic acids is 2. The number of halogens is 1. The van der Waals surface area contributed by atoms with Gasteiger partial charge in [0.1, 0.15) is 11.9 Å². The predicted molar refractivity (Wildman–Crippen MR) is 141 cm³/mol. The van der Waals surface area contributed by atoms with Gasteiger partial charge < -0.3 is 10.0 Å². The minimum absolute atomic E-state index is 0.272. The van der Waals surface area contributed by atoms with Crippen LogP contribution in [0.1, 0.15) is 49.4 Å². The standard InChI is InChI=1S/C32H26FNO4/c1-20-9-8-14-24(19-20)30(35)27-26(21-15-17-25(33)18-16-21)29(32(37)38)34(28(27)22-10-4-2-5-11-22)31(36)23-12-6-3-7-13-23/h2-19,26-29H,1H3,(H,37,38). The predicted octanol–water partition coefficient (Wildman–Crippen LogP) is 6.07. The zero-order valence-electron chi connectivity index (χ0n) is 20.7. The monoisotopic (exact) mass is 507 g/mol. The van der Waals surface area contributed by atoms with E-state index in [1.807, 2.05) is 19.1 Å². The van der Waals surface area contributed by atoms with Crippen LogP contribution in [0.2, 0.25) is 0 Å². The molecule has 4 unspecified atom stereocenters. The lowest BCUT2D eigenvalue weighted by molar-refractivity contribution is -0.142. The summed E-state index contributed by atoms with van der Waals surface area (Å²) in [7, 11) is 0. The van der Waals surface area contributed by atoms with Crippen molar-refractivity contribution in [3.63, 3.8) is 0 Å². The highest BCUT2D eigenvalue weighted by atomic mass is 19.1. The normalized spacial score (nSPS) is 20.7. The smallest absolute Gasteiger partial charge is 0.327 e. The number of benzene rings is 4. The molecule has 6 heteroatoms. The molecule has 0 spiro atoms. The zero-order chi connectivity index (χ0) is 26.8. The number of aryl methyl sites for hydroxylation is 1. The first-order valence-corrected chi connectivity index (χ1v) is 12.4. The summed E-state index contributed by atoms with van der Waals surface area (Å²) >= 11 is 0. The topological polar surface area (TPSA) is 74.7 Å². The molecule has 1 aliphatic rings. The maximum atomic E-state index is 14.3. The summed E-state index contributed by atoms with van der Waals surface area (Å²) in [4.78, 5) is 42.6. The minimum atomic E-state index is -1.36. The van der Waals surface area contributed by atoms with Crippen LogP contribution in [0.3, 0.4) is 0 Å². The Morgan fingerprint density at radius 1 is 0.737 bits per heavy atom. The van der Waals surface area contributed by atoms with Crippen LogP contribution in [0.25, 0.3) is 0 Å². The Labute approximate surface area is 220 Å². The number of aliphatic carboxylic acids is 1. The Morgan fingerprint density at radius 3 is 1.95 bits per heavy atom. The third-order valence-electron chi connectivity index (χ3n) is 7.18. The number of amides is 1. The summed E-state index contributed by atoms with van der Waals surface area (Å²) < 4.78 is 13.9. The van der Waals surface area contributed by atoms with Gasteiger partial charge in [-0.3, -0.25) is 9.59 Å². The van der Waals surface area contributed by atoms with Crippen molar-refractivity contribution in [3.05, 3.63) is 143 Å². The zero-order valence-corrected chi connectivity index (χ0v) is 20.7. The van der Waals surface area contributed by atoms with E-state index in [-0.39, 0.29) is 5.78 Å². The summed E-state index contributed by atoms with van der Waals surface area (Å²) in [6.07, 6.45) is 0. The molecule has 0 aromatic heterocycles. The molecule has 0 radical (unpaired) electrons. The summed E-state index contributed by atoms with van der Waals surface area (Å²) in [6.45, 7) is 1.88. The second-order valence-electron chi connectivity index (χ2n) is 9.55. The van der Waals surface area contributed by atoms with E-state index in [0.29, 0.717) is 22.3 Å². The first kappa shape index (κ1) is 25.1. The second-order valence-corrected chi connectivity index (χ2v) is 9.55. The molecule has 1 saturated heterocycles. The van der Waals surface area contributed by atoms with Gasteiger partial charge in [0.25, 0.3) is 5.91 Å². The molecule has 4 aromatic carbocycles. The third kappa shape index (κ3) is 4.61. The van der Waals surface area contributed by atoms with E-state index in [0.717, 1.165) is 5.56 Å². The van der Waals surface area contributed by atoms with Crippen molar-refractivity contribution < 1.29 is 23.9 Å². The van der Waals surface area contributed by atoms with E-state index in [2.05, 4.69) is 0 Å². The van der Waals surface area contributed by atoms with Gasteiger partial charge in [-0.05, 0) is 48.4 Å². The number of carboxylic acid groups (broad SMARTS) is 1. The first-order chi connectivity index (χ1) is 18.4. The van der Waals surface area contributed by atoms with Gasteiger partial charge in [0.2, 0.25) is 0 Å². The third-order valence-corrected chi connectivity index (χ3v) is 7.18. The van der Waals surface area contributed by atoms with Crippen LogP contribution in [0, 0.1) is 18.7 Å². The minimum Gasteiger partial charge on any atom is -0.480 e. The SMILES string of the molecule is Cc1cccc(C(=O)C2C(c3ccc(F)cc3)C(C(=O)O)N(C(=O)c3ccccc3)C2c2ccccc2)c1. The fourth-order valence-corrected chi connectivity index (χ4v) is 5.56. The quantitative estimate of drug-likeness (QED) is 0.322. The number of rotatable bonds is 6. The Kier molecular flexibility index (Phi) is 6.88. The second kappa shape index (κ2) is 10.4. The fourth-order valence-electron chi connectivity index (χ4n) is 5.56. The average Bonchev–Trinajstić information content (AvgIpc) is 3.30. The molecule has 190 valence electrons. The number of nitrogens with zero attached hydrogens (tertiary/aromatic N) is 1. The molecule has 0 saturated carbocycles. The highest BCUT2D eigenvalue weighted by Crippen LogP contribution is 2.51. The lowest BCUT2D eigenvalue weighted by Gasteiger charge is -2.30. The van der Waals surface area contributed by atoms with Crippen molar-refractivity contribution in [1.82, 2.24) is 4.90 Å². The van der Waals surface area contributed by atoms with Gasteiger partial charge in [0.15, 0.2) is 5.78 Å². The highest BCUT2D eigenvalue weighted by molar-refractivity contribution is 6.03. The number of carboxylic acids is 1. The molecule has 4 aromatic rings. The molecule has 1 N–H and O–H groups in total. The van der Waals surface area contributed by atoms with E-state index < -0.39 is 41.6 Å². The summed E-state index contributed by atoms with van der Waals surface area (Å²) in [5.74, 6) is -4.32. The van der Waals surface area contributed by atoms with Crippen molar-refractivity contribution in [3.8, 4) is 0 Å². The number of hydrogen-bond donors (Lipinski definition) is 1. The molecular weight excluding hydrogens is 481 g/mol. The van der Waals surface area contributed by atoms with Crippen LogP contribution in [0.4, 0.5) is 4.39 Å². The molecule has 4 atom stereocenters. The summed E-state index contributed by atoms with van der Waals surface area (Å²) in [5.41, 5.74) is 2.77. The molecule has 38 heavy (non-hydrogen) atoms. The maximum absolute atomic E-state index is 14.3. The van der Waals surface area contributed by atoms with E-state index in [1.54, 1.807) is 72.8 Å². The Morgan fingerprint density at radius 2 is 1.34 bits per heavy atom. The Bertz CT molecular complexity index is 1470. The maximum Gasteiger partial charge on any atom is 0.327 e.